The number of hydrogen-bond donors (Lipinski definition) is 1. The molecular formula is C20H23ClN2O. The lowest BCUT2D eigenvalue weighted by Crippen LogP contribution is -2.39. The highest BCUT2D eigenvalue weighted by molar-refractivity contribution is 6.30. The summed E-state index contributed by atoms with van der Waals surface area (Å²) in [6, 6.07) is 12.6. The zero-order valence-corrected chi connectivity index (χ0v) is 14.7. The second-order valence-corrected chi connectivity index (χ2v) is 7.41. The van der Waals surface area contributed by atoms with E-state index in [4.69, 9.17) is 16.3 Å². The molecule has 24 heavy (non-hydrogen) atoms. The molecule has 126 valence electrons. The summed E-state index contributed by atoms with van der Waals surface area (Å²) in [6.07, 6.45) is 5.91. The maximum Gasteiger partial charge on any atom is 0.123 e. The molecule has 1 heterocycles. The van der Waals surface area contributed by atoms with E-state index in [1.54, 1.807) is 7.11 Å². The Morgan fingerprint density at radius 1 is 1.21 bits per heavy atom. The lowest BCUT2D eigenvalue weighted by molar-refractivity contribution is 0.303. The van der Waals surface area contributed by atoms with Crippen molar-refractivity contribution in [3.63, 3.8) is 0 Å². The van der Waals surface area contributed by atoms with Gasteiger partial charge in [0.1, 0.15) is 5.75 Å². The number of rotatable bonds is 5. The molecule has 0 amide bonds. The number of ether oxygens (including phenoxy) is 1. The van der Waals surface area contributed by atoms with Crippen LogP contribution < -0.4 is 10.1 Å². The van der Waals surface area contributed by atoms with Crippen molar-refractivity contribution in [1.29, 1.82) is 0 Å². The van der Waals surface area contributed by atoms with Crippen LogP contribution in [-0.4, -0.2) is 18.1 Å². The van der Waals surface area contributed by atoms with E-state index in [2.05, 4.69) is 22.4 Å². The molecule has 1 N–H and O–H groups in total. The summed E-state index contributed by atoms with van der Waals surface area (Å²) in [6.45, 7) is 0.779. The van der Waals surface area contributed by atoms with Gasteiger partial charge in [-0.05, 0) is 61.4 Å². The van der Waals surface area contributed by atoms with E-state index in [1.807, 2.05) is 30.5 Å². The summed E-state index contributed by atoms with van der Waals surface area (Å²) in [4.78, 5) is 4.65. The minimum absolute atomic E-state index is 0.488. The average Bonchev–Trinajstić information content (AvgIpc) is 3.22. The standard InChI is InChI=1S/C20H23ClN2O/c1-24-18-8-7-16(21)11-15(18)12-23-20-14-6-5-13(10-14)19(20)17-4-2-3-9-22-17/h2-4,7-9,11,13-14,19-20,23H,5-6,10,12H2,1H3. The van der Waals surface area contributed by atoms with Crippen LogP contribution in [0.25, 0.3) is 0 Å². The highest BCUT2D eigenvalue weighted by Gasteiger charge is 2.48. The van der Waals surface area contributed by atoms with Gasteiger partial charge in [0.25, 0.3) is 0 Å². The first kappa shape index (κ1) is 15.9. The van der Waals surface area contributed by atoms with Crippen molar-refractivity contribution < 1.29 is 4.74 Å². The molecule has 1 aromatic carbocycles. The van der Waals surface area contributed by atoms with Gasteiger partial charge in [0.15, 0.2) is 0 Å². The minimum Gasteiger partial charge on any atom is -0.496 e. The monoisotopic (exact) mass is 342 g/mol. The summed E-state index contributed by atoms with van der Waals surface area (Å²) in [5.74, 6) is 2.94. The number of nitrogens with one attached hydrogen (secondary N) is 1. The van der Waals surface area contributed by atoms with Gasteiger partial charge in [-0.1, -0.05) is 17.7 Å². The van der Waals surface area contributed by atoms with Gasteiger partial charge in [0, 0.05) is 41.0 Å². The Balaban J connectivity index is 1.54. The number of fused-ring (bicyclic) bond motifs is 2. The normalized spacial score (nSPS) is 28.2. The zero-order chi connectivity index (χ0) is 16.5. The first-order chi connectivity index (χ1) is 11.8. The zero-order valence-electron chi connectivity index (χ0n) is 13.9. The van der Waals surface area contributed by atoms with Crippen molar-refractivity contribution in [2.75, 3.05) is 7.11 Å². The third-order valence-electron chi connectivity index (χ3n) is 5.72. The Kier molecular flexibility index (Phi) is 4.47. The molecule has 0 saturated heterocycles. The third-order valence-corrected chi connectivity index (χ3v) is 5.95. The van der Waals surface area contributed by atoms with Crippen molar-refractivity contribution in [2.24, 2.45) is 11.8 Å². The Bertz CT molecular complexity index is 706. The van der Waals surface area contributed by atoms with Crippen LogP contribution in [0, 0.1) is 11.8 Å². The van der Waals surface area contributed by atoms with E-state index in [9.17, 15) is 0 Å². The van der Waals surface area contributed by atoms with E-state index >= 15 is 0 Å². The van der Waals surface area contributed by atoms with Crippen molar-refractivity contribution in [2.45, 2.75) is 37.8 Å². The molecule has 1 aromatic heterocycles. The van der Waals surface area contributed by atoms with Gasteiger partial charge in [-0.3, -0.25) is 4.98 Å². The van der Waals surface area contributed by atoms with Crippen LogP contribution in [-0.2, 0) is 6.54 Å². The minimum atomic E-state index is 0.488. The third kappa shape index (κ3) is 2.91. The van der Waals surface area contributed by atoms with Crippen molar-refractivity contribution >= 4 is 11.6 Å². The second kappa shape index (κ2) is 6.73. The Morgan fingerprint density at radius 2 is 2.08 bits per heavy atom. The van der Waals surface area contributed by atoms with Crippen LogP contribution in [0.4, 0.5) is 0 Å². The number of nitrogens with zero attached hydrogens (tertiary/aromatic N) is 1. The maximum absolute atomic E-state index is 6.16. The van der Waals surface area contributed by atoms with Crippen LogP contribution in [0.2, 0.25) is 5.02 Å². The molecule has 2 aliphatic carbocycles. The molecule has 4 rings (SSSR count). The number of pyridine rings is 1. The van der Waals surface area contributed by atoms with Gasteiger partial charge >= 0.3 is 0 Å². The molecule has 3 nitrogen and oxygen atoms in total. The van der Waals surface area contributed by atoms with E-state index < -0.39 is 0 Å². The summed E-state index contributed by atoms with van der Waals surface area (Å²) >= 11 is 6.16. The summed E-state index contributed by atoms with van der Waals surface area (Å²) in [5, 5.41) is 4.55. The number of aromatic nitrogens is 1. The maximum atomic E-state index is 6.16. The van der Waals surface area contributed by atoms with E-state index in [0.29, 0.717) is 12.0 Å². The molecular weight excluding hydrogens is 320 g/mol. The predicted molar refractivity (Wildman–Crippen MR) is 96.4 cm³/mol. The summed E-state index contributed by atoms with van der Waals surface area (Å²) in [5.41, 5.74) is 2.35. The fourth-order valence-electron chi connectivity index (χ4n) is 4.70. The fourth-order valence-corrected chi connectivity index (χ4v) is 4.89. The first-order valence-electron chi connectivity index (χ1n) is 8.73. The highest BCUT2D eigenvalue weighted by Crippen LogP contribution is 2.52. The van der Waals surface area contributed by atoms with Gasteiger partial charge in [0.2, 0.25) is 0 Å². The van der Waals surface area contributed by atoms with Crippen LogP contribution in [0.5, 0.6) is 5.75 Å². The molecule has 4 unspecified atom stereocenters. The first-order valence-corrected chi connectivity index (χ1v) is 9.11. The SMILES string of the molecule is COc1ccc(Cl)cc1CNC1C2CCC(C2)C1c1ccccn1. The predicted octanol–water partition coefficient (Wildman–Crippen LogP) is 4.42. The average molecular weight is 343 g/mol. The van der Waals surface area contributed by atoms with Crippen molar-refractivity contribution in [3.8, 4) is 5.75 Å². The van der Waals surface area contributed by atoms with Gasteiger partial charge in [-0.2, -0.15) is 0 Å². The fraction of sp³-hybridized carbons (Fsp3) is 0.450. The van der Waals surface area contributed by atoms with E-state index in [0.717, 1.165) is 34.7 Å². The number of methoxy groups -OCH3 is 1. The van der Waals surface area contributed by atoms with Crippen molar-refractivity contribution in [3.05, 3.63) is 58.9 Å². The summed E-state index contributed by atoms with van der Waals surface area (Å²) in [7, 11) is 1.71. The number of halogens is 1. The molecule has 2 bridgehead atoms. The molecule has 0 aliphatic heterocycles. The van der Waals surface area contributed by atoms with E-state index in [1.165, 1.54) is 25.0 Å². The van der Waals surface area contributed by atoms with Crippen LogP contribution >= 0.6 is 11.6 Å². The second-order valence-electron chi connectivity index (χ2n) is 6.98. The largest absolute Gasteiger partial charge is 0.496 e. The lowest BCUT2D eigenvalue weighted by Gasteiger charge is -2.32. The molecule has 0 spiro atoms. The van der Waals surface area contributed by atoms with E-state index in [-0.39, 0.29) is 0 Å². The number of hydrogen-bond acceptors (Lipinski definition) is 3. The summed E-state index contributed by atoms with van der Waals surface area (Å²) < 4.78 is 5.48. The Labute approximate surface area is 148 Å². The molecule has 2 fully saturated rings. The van der Waals surface area contributed by atoms with Crippen LogP contribution in [0.3, 0.4) is 0 Å². The van der Waals surface area contributed by atoms with Gasteiger partial charge in [0.05, 0.1) is 7.11 Å². The Hall–Kier alpha value is -1.58. The lowest BCUT2D eigenvalue weighted by atomic mass is 9.82. The quantitative estimate of drug-likeness (QED) is 0.873. The van der Waals surface area contributed by atoms with Crippen LogP contribution in [0.1, 0.15) is 36.4 Å². The molecule has 0 radical (unpaired) electrons. The van der Waals surface area contributed by atoms with Gasteiger partial charge < -0.3 is 10.1 Å². The Morgan fingerprint density at radius 3 is 2.88 bits per heavy atom. The van der Waals surface area contributed by atoms with Gasteiger partial charge in [-0.25, -0.2) is 0 Å². The smallest absolute Gasteiger partial charge is 0.123 e. The molecule has 4 heteroatoms. The molecule has 4 atom stereocenters. The molecule has 2 aromatic rings. The van der Waals surface area contributed by atoms with Gasteiger partial charge in [-0.15, -0.1) is 0 Å². The topological polar surface area (TPSA) is 34.1 Å². The number of benzene rings is 1. The molecule has 2 saturated carbocycles. The van der Waals surface area contributed by atoms with Crippen LogP contribution in [0.15, 0.2) is 42.6 Å². The van der Waals surface area contributed by atoms with Crippen molar-refractivity contribution in [1.82, 2.24) is 10.3 Å². The molecule has 2 aliphatic rings. The highest BCUT2D eigenvalue weighted by atomic mass is 35.5.